The summed E-state index contributed by atoms with van der Waals surface area (Å²) in [5.41, 5.74) is 1.15. The summed E-state index contributed by atoms with van der Waals surface area (Å²) in [5, 5.41) is 0. The van der Waals surface area contributed by atoms with Crippen molar-refractivity contribution in [2.75, 3.05) is 13.7 Å². The lowest BCUT2D eigenvalue weighted by Crippen LogP contribution is -2.48. The van der Waals surface area contributed by atoms with Gasteiger partial charge >= 0.3 is 5.97 Å². The predicted octanol–water partition coefficient (Wildman–Crippen LogP) is 1.56. The van der Waals surface area contributed by atoms with Crippen LogP contribution < -0.4 is 0 Å². The molecule has 0 aliphatic carbocycles. The third-order valence-corrected chi connectivity index (χ3v) is 4.44. The van der Waals surface area contributed by atoms with Gasteiger partial charge in [0, 0.05) is 18.8 Å². The van der Waals surface area contributed by atoms with E-state index >= 15 is 0 Å². The highest BCUT2D eigenvalue weighted by molar-refractivity contribution is 5.96. The molecule has 3 rings (SSSR count). The lowest BCUT2D eigenvalue weighted by Gasteiger charge is -2.37. The van der Waals surface area contributed by atoms with Gasteiger partial charge in [-0.15, -0.1) is 0 Å². The van der Waals surface area contributed by atoms with Gasteiger partial charge in [0.15, 0.2) is 0 Å². The van der Waals surface area contributed by atoms with Crippen LogP contribution in [0.25, 0.3) is 0 Å². The third-order valence-electron chi connectivity index (χ3n) is 4.44. The number of nitrogens with zero attached hydrogens (tertiary/aromatic N) is 2. The minimum Gasteiger partial charge on any atom is -0.469 e. The van der Waals surface area contributed by atoms with Gasteiger partial charge in [-0.2, -0.15) is 4.39 Å². The predicted molar refractivity (Wildman–Crippen MR) is 72.1 cm³/mol. The summed E-state index contributed by atoms with van der Waals surface area (Å²) in [5.74, 6) is -1.27. The monoisotopic (exact) mass is 292 g/mol. The summed E-state index contributed by atoms with van der Waals surface area (Å²) in [4.78, 5) is 29.7. The first-order valence-electron chi connectivity index (χ1n) is 7.13. The fourth-order valence-electron chi connectivity index (χ4n) is 3.28. The summed E-state index contributed by atoms with van der Waals surface area (Å²) >= 11 is 0. The topological polar surface area (TPSA) is 59.5 Å². The van der Waals surface area contributed by atoms with E-state index in [-0.39, 0.29) is 23.8 Å². The molecule has 1 amide bonds. The number of rotatable bonds is 1. The number of aromatic nitrogens is 1. The van der Waals surface area contributed by atoms with Crippen molar-refractivity contribution in [1.82, 2.24) is 9.88 Å². The fraction of sp³-hybridized carbons (Fsp3) is 0.533. The molecule has 1 aromatic heterocycles. The quantitative estimate of drug-likeness (QED) is 0.582. The first-order chi connectivity index (χ1) is 10.1. The van der Waals surface area contributed by atoms with E-state index in [1.165, 1.54) is 19.4 Å². The number of fused-ring (bicyclic) bond motifs is 2. The zero-order valence-corrected chi connectivity index (χ0v) is 11.8. The van der Waals surface area contributed by atoms with Crippen molar-refractivity contribution < 1.29 is 18.7 Å². The van der Waals surface area contributed by atoms with Crippen molar-refractivity contribution in [3.8, 4) is 0 Å². The molecule has 1 aromatic rings. The van der Waals surface area contributed by atoms with Crippen molar-refractivity contribution in [1.29, 1.82) is 0 Å². The first-order valence-corrected chi connectivity index (χ1v) is 7.13. The highest BCUT2D eigenvalue weighted by atomic mass is 19.1. The lowest BCUT2D eigenvalue weighted by molar-refractivity contribution is -0.147. The maximum absolute atomic E-state index is 13.2. The summed E-state index contributed by atoms with van der Waals surface area (Å²) in [6.07, 6.45) is 4.25. The van der Waals surface area contributed by atoms with Crippen LogP contribution in [-0.4, -0.2) is 41.5 Å². The molecule has 1 fully saturated rings. The van der Waals surface area contributed by atoms with Gasteiger partial charge in [-0.05, 0) is 37.3 Å². The fourth-order valence-corrected chi connectivity index (χ4v) is 3.28. The van der Waals surface area contributed by atoms with E-state index < -0.39 is 5.95 Å². The summed E-state index contributed by atoms with van der Waals surface area (Å²) in [6, 6.07) is 1.44. The number of esters is 1. The molecule has 21 heavy (non-hydrogen) atoms. The number of carbonyl (C=O) groups is 2. The van der Waals surface area contributed by atoms with E-state index in [4.69, 9.17) is 4.74 Å². The molecule has 0 saturated carbocycles. The van der Waals surface area contributed by atoms with E-state index in [0.717, 1.165) is 19.3 Å². The number of halogens is 1. The second kappa shape index (κ2) is 5.42. The Labute approximate surface area is 122 Å². The Hall–Kier alpha value is -1.98. The summed E-state index contributed by atoms with van der Waals surface area (Å²) < 4.78 is 18.0. The van der Waals surface area contributed by atoms with Gasteiger partial charge in [0.05, 0.1) is 18.6 Å². The minimum atomic E-state index is -0.561. The minimum absolute atomic E-state index is 0.105. The van der Waals surface area contributed by atoms with Gasteiger partial charge in [0.1, 0.15) is 0 Å². The van der Waals surface area contributed by atoms with Crippen LogP contribution in [0.4, 0.5) is 4.39 Å². The van der Waals surface area contributed by atoms with E-state index in [0.29, 0.717) is 24.1 Å². The number of methoxy groups -OCH3 is 1. The Morgan fingerprint density at radius 1 is 1.43 bits per heavy atom. The molecule has 0 unspecified atom stereocenters. The summed E-state index contributed by atoms with van der Waals surface area (Å²) in [6.45, 7) is 0.368. The Kier molecular flexibility index (Phi) is 3.61. The van der Waals surface area contributed by atoms with Gasteiger partial charge in [0.25, 0.3) is 5.91 Å². The average molecular weight is 292 g/mol. The Morgan fingerprint density at radius 3 is 3.00 bits per heavy atom. The molecule has 5 nitrogen and oxygen atoms in total. The second-order valence-corrected chi connectivity index (χ2v) is 5.61. The number of aryl methyl sites for hydroxylation is 1. The van der Waals surface area contributed by atoms with Gasteiger partial charge in [-0.3, -0.25) is 9.59 Å². The zero-order valence-electron chi connectivity index (χ0n) is 11.8. The second-order valence-electron chi connectivity index (χ2n) is 5.61. The number of amides is 1. The molecule has 0 N–H and O–H groups in total. The maximum atomic E-state index is 13.2. The molecular formula is C15H17FN2O3. The summed E-state index contributed by atoms with van der Waals surface area (Å²) in [7, 11) is 1.36. The standard InChI is InChI=1S/C15H17FN2O3/c1-21-15(20)10-3-5-11-4-2-9-6-13(16)17-7-12(9)14(19)18(11)8-10/h6-7,10-11H,2-5,8H2,1H3/t10-,11-/m1/s1. The van der Waals surface area contributed by atoms with Crippen LogP contribution >= 0.6 is 0 Å². The van der Waals surface area contributed by atoms with Crippen molar-refractivity contribution in [3.05, 3.63) is 29.3 Å². The molecule has 112 valence electrons. The highest BCUT2D eigenvalue weighted by Crippen LogP contribution is 2.31. The highest BCUT2D eigenvalue weighted by Gasteiger charge is 2.37. The molecule has 2 aliphatic rings. The number of ether oxygens (including phenoxy) is 1. The maximum Gasteiger partial charge on any atom is 0.310 e. The first kappa shape index (κ1) is 14.0. The third kappa shape index (κ3) is 2.50. The van der Waals surface area contributed by atoms with Crippen LogP contribution in [0.1, 0.15) is 35.2 Å². The number of carbonyl (C=O) groups excluding carboxylic acids is 2. The molecular weight excluding hydrogens is 275 g/mol. The molecule has 2 aliphatic heterocycles. The number of pyridine rings is 1. The van der Waals surface area contributed by atoms with Crippen LogP contribution in [0.15, 0.2) is 12.3 Å². The number of piperidine rings is 1. The van der Waals surface area contributed by atoms with Crippen molar-refractivity contribution in [2.45, 2.75) is 31.7 Å². The van der Waals surface area contributed by atoms with Crippen molar-refractivity contribution >= 4 is 11.9 Å². The van der Waals surface area contributed by atoms with Crippen LogP contribution in [-0.2, 0) is 16.0 Å². The Morgan fingerprint density at radius 2 is 2.24 bits per heavy atom. The van der Waals surface area contributed by atoms with Crippen LogP contribution in [0.2, 0.25) is 0 Å². The Bertz CT molecular complexity index is 590. The van der Waals surface area contributed by atoms with Gasteiger partial charge in [-0.25, -0.2) is 4.98 Å². The van der Waals surface area contributed by atoms with E-state index in [2.05, 4.69) is 4.98 Å². The molecule has 6 heteroatoms. The molecule has 2 atom stereocenters. The molecule has 0 spiro atoms. The molecule has 3 heterocycles. The van der Waals surface area contributed by atoms with Crippen LogP contribution in [0.3, 0.4) is 0 Å². The van der Waals surface area contributed by atoms with Crippen LogP contribution in [0, 0.1) is 11.9 Å². The van der Waals surface area contributed by atoms with E-state index in [9.17, 15) is 14.0 Å². The van der Waals surface area contributed by atoms with E-state index in [1.807, 2.05) is 0 Å². The SMILES string of the molecule is COC(=O)[C@@H]1CC[C@H]2CCc3cc(F)ncc3C(=O)N2C1. The number of hydrogen-bond acceptors (Lipinski definition) is 4. The van der Waals surface area contributed by atoms with Crippen molar-refractivity contribution in [2.24, 2.45) is 5.92 Å². The lowest BCUT2D eigenvalue weighted by atomic mass is 9.91. The Balaban J connectivity index is 1.89. The van der Waals surface area contributed by atoms with Gasteiger partial charge in [-0.1, -0.05) is 0 Å². The smallest absolute Gasteiger partial charge is 0.310 e. The molecule has 0 bridgehead atoms. The largest absolute Gasteiger partial charge is 0.469 e. The molecule has 1 saturated heterocycles. The zero-order chi connectivity index (χ0) is 15.0. The normalized spacial score (nSPS) is 24.9. The van der Waals surface area contributed by atoms with Gasteiger partial charge < -0.3 is 9.64 Å². The average Bonchev–Trinajstić information content (AvgIpc) is 2.63. The van der Waals surface area contributed by atoms with Crippen LogP contribution in [0.5, 0.6) is 0 Å². The molecule has 0 radical (unpaired) electrons. The molecule has 0 aromatic carbocycles. The van der Waals surface area contributed by atoms with E-state index in [1.54, 1.807) is 4.90 Å². The van der Waals surface area contributed by atoms with Gasteiger partial charge in [0.2, 0.25) is 5.95 Å². The van der Waals surface area contributed by atoms with Crippen molar-refractivity contribution in [3.63, 3.8) is 0 Å². The number of hydrogen-bond donors (Lipinski definition) is 0.